The molecule has 0 radical (unpaired) electrons. The summed E-state index contributed by atoms with van der Waals surface area (Å²) < 4.78 is 5.38. The second-order valence-corrected chi connectivity index (χ2v) is 8.41. The highest BCUT2D eigenvalue weighted by molar-refractivity contribution is 5.82. The van der Waals surface area contributed by atoms with Gasteiger partial charge in [-0.3, -0.25) is 9.69 Å². The van der Waals surface area contributed by atoms with Gasteiger partial charge in [0.05, 0.1) is 7.11 Å². The minimum absolute atomic E-state index is 0.177. The Balaban J connectivity index is 1.21. The average molecular weight is 395 g/mol. The van der Waals surface area contributed by atoms with Crippen LogP contribution in [0.15, 0.2) is 48.5 Å². The molecule has 1 aliphatic heterocycles. The van der Waals surface area contributed by atoms with Gasteiger partial charge in [-0.25, -0.2) is 0 Å². The second-order valence-electron chi connectivity index (χ2n) is 8.41. The van der Waals surface area contributed by atoms with E-state index in [1.54, 1.807) is 19.2 Å². The maximum Gasteiger partial charge on any atom is 0.223 e. The molecule has 29 heavy (non-hydrogen) atoms. The lowest BCUT2D eigenvalue weighted by atomic mass is 9.90. The molecule has 1 atom stereocenters. The van der Waals surface area contributed by atoms with Crippen LogP contribution in [0.5, 0.6) is 11.5 Å². The van der Waals surface area contributed by atoms with Crippen LogP contribution in [-0.2, 0) is 17.8 Å². The number of benzene rings is 2. The van der Waals surface area contributed by atoms with Gasteiger partial charge >= 0.3 is 0 Å². The van der Waals surface area contributed by atoms with Gasteiger partial charge in [0.15, 0.2) is 0 Å². The highest BCUT2D eigenvalue weighted by Gasteiger charge is 2.58. The van der Waals surface area contributed by atoms with Crippen LogP contribution in [0.25, 0.3) is 0 Å². The van der Waals surface area contributed by atoms with E-state index in [1.807, 2.05) is 36.4 Å². The van der Waals surface area contributed by atoms with E-state index in [9.17, 15) is 9.90 Å². The Morgan fingerprint density at radius 2 is 1.90 bits per heavy atom. The van der Waals surface area contributed by atoms with Crippen LogP contribution >= 0.6 is 0 Å². The third-order valence-corrected chi connectivity index (χ3v) is 6.59. The summed E-state index contributed by atoms with van der Waals surface area (Å²) in [6, 6.07) is 15.4. The number of phenols is 1. The Bertz CT molecular complexity index is 841. The quantitative estimate of drug-likeness (QED) is 0.756. The molecule has 2 N–H and O–H groups in total. The highest BCUT2D eigenvalue weighted by atomic mass is 16.5. The van der Waals surface area contributed by atoms with Crippen molar-refractivity contribution < 1.29 is 14.6 Å². The first kappa shape index (κ1) is 19.8. The molecular formula is C24H30N2O3. The number of carbonyl (C=O) groups is 1. The molecular weight excluding hydrogens is 364 g/mol. The van der Waals surface area contributed by atoms with E-state index in [4.69, 9.17) is 4.74 Å². The zero-order chi connectivity index (χ0) is 20.3. The normalized spacial score (nSPS) is 20.4. The standard InChI is InChI=1S/C24H30N2O3/c1-29-22-5-3-2-4-19(22)10-13-25-23(28)21-16-24(21)11-14-26(15-12-24)17-18-6-8-20(27)9-7-18/h2-9,21,27H,10-17H2,1H3,(H,25,28). The Morgan fingerprint density at radius 3 is 2.62 bits per heavy atom. The smallest absolute Gasteiger partial charge is 0.223 e. The zero-order valence-electron chi connectivity index (χ0n) is 17.1. The van der Waals surface area contributed by atoms with Crippen molar-refractivity contribution in [3.63, 3.8) is 0 Å². The molecule has 1 unspecified atom stereocenters. The summed E-state index contributed by atoms with van der Waals surface area (Å²) in [6.07, 6.45) is 4.00. The minimum Gasteiger partial charge on any atom is -0.508 e. The summed E-state index contributed by atoms with van der Waals surface area (Å²) in [5.74, 6) is 1.58. The number of hydrogen-bond acceptors (Lipinski definition) is 4. The van der Waals surface area contributed by atoms with Crippen LogP contribution in [0.1, 0.15) is 30.4 Å². The number of nitrogens with one attached hydrogen (secondary N) is 1. The molecule has 2 fully saturated rings. The van der Waals surface area contributed by atoms with Crippen molar-refractivity contribution in [2.45, 2.75) is 32.2 Å². The van der Waals surface area contributed by atoms with Crippen LogP contribution in [0, 0.1) is 11.3 Å². The monoisotopic (exact) mass is 394 g/mol. The molecule has 0 bridgehead atoms. The molecule has 1 spiro atoms. The average Bonchev–Trinajstić information content (AvgIpc) is 3.45. The lowest BCUT2D eigenvalue weighted by Gasteiger charge is -2.32. The largest absolute Gasteiger partial charge is 0.508 e. The summed E-state index contributed by atoms with van der Waals surface area (Å²) in [4.78, 5) is 15.1. The number of hydrogen-bond donors (Lipinski definition) is 2. The SMILES string of the molecule is COc1ccccc1CCNC(=O)C1CC12CCN(Cc1ccc(O)cc1)CC2. The maximum atomic E-state index is 12.6. The summed E-state index contributed by atoms with van der Waals surface area (Å²) in [5.41, 5.74) is 2.57. The molecule has 2 aromatic rings. The molecule has 0 aromatic heterocycles. The molecule has 5 nitrogen and oxygen atoms in total. The molecule has 1 amide bonds. The first-order valence-electron chi connectivity index (χ1n) is 10.5. The molecule has 1 aliphatic carbocycles. The third-order valence-electron chi connectivity index (χ3n) is 6.59. The highest BCUT2D eigenvalue weighted by Crippen LogP contribution is 2.59. The number of methoxy groups -OCH3 is 1. The lowest BCUT2D eigenvalue weighted by molar-refractivity contribution is -0.123. The van der Waals surface area contributed by atoms with E-state index >= 15 is 0 Å². The van der Waals surface area contributed by atoms with Crippen LogP contribution < -0.4 is 10.1 Å². The van der Waals surface area contributed by atoms with Crippen LogP contribution in [0.3, 0.4) is 0 Å². The summed E-state index contributed by atoms with van der Waals surface area (Å²) in [6.45, 7) is 3.63. The second kappa shape index (κ2) is 8.46. The first-order chi connectivity index (χ1) is 14.1. The Hall–Kier alpha value is -2.53. The summed E-state index contributed by atoms with van der Waals surface area (Å²) in [5, 5.41) is 12.6. The van der Waals surface area contributed by atoms with Crippen molar-refractivity contribution in [1.29, 1.82) is 0 Å². The van der Waals surface area contributed by atoms with Gasteiger partial charge in [-0.1, -0.05) is 30.3 Å². The Kier molecular flexibility index (Phi) is 5.76. The van der Waals surface area contributed by atoms with Gasteiger partial charge in [0.25, 0.3) is 0 Å². The van der Waals surface area contributed by atoms with Gasteiger partial charge in [0.2, 0.25) is 5.91 Å². The molecule has 4 rings (SSSR count). The summed E-state index contributed by atoms with van der Waals surface area (Å²) in [7, 11) is 1.68. The number of rotatable bonds is 7. The van der Waals surface area contributed by atoms with E-state index in [0.29, 0.717) is 12.3 Å². The Morgan fingerprint density at radius 1 is 1.17 bits per heavy atom. The minimum atomic E-state index is 0.177. The lowest BCUT2D eigenvalue weighted by Crippen LogP contribution is -2.37. The topological polar surface area (TPSA) is 61.8 Å². The number of likely N-dealkylation sites (tertiary alicyclic amines) is 1. The van der Waals surface area contributed by atoms with Gasteiger partial charge < -0.3 is 15.2 Å². The number of phenolic OH excluding ortho intramolecular Hbond substituents is 1. The van der Waals surface area contributed by atoms with Crippen molar-refractivity contribution >= 4 is 5.91 Å². The fourth-order valence-electron chi connectivity index (χ4n) is 4.64. The van der Waals surface area contributed by atoms with Crippen molar-refractivity contribution in [1.82, 2.24) is 10.2 Å². The van der Waals surface area contributed by atoms with Crippen molar-refractivity contribution in [2.24, 2.45) is 11.3 Å². The fraction of sp³-hybridized carbons (Fsp3) is 0.458. The number of amides is 1. The van der Waals surface area contributed by atoms with Gasteiger partial charge in [-0.15, -0.1) is 0 Å². The molecule has 2 aromatic carbocycles. The van der Waals surface area contributed by atoms with Crippen molar-refractivity contribution in [3.8, 4) is 11.5 Å². The predicted molar refractivity (Wildman–Crippen MR) is 113 cm³/mol. The molecule has 154 valence electrons. The predicted octanol–water partition coefficient (Wildman–Crippen LogP) is 3.36. The molecule has 2 aliphatic rings. The number of para-hydroxylation sites is 1. The van der Waals surface area contributed by atoms with E-state index in [2.05, 4.69) is 10.2 Å². The number of ether oxygens (including phenoxy) is 1. The van der Waals surface area contributed by atoms with Gasteiger partial charge in [-0.2, -0.15) is 0 Å². The van der Waals surface area contributed by atoms with E-state index in [0.717, 1.165) is 56.6 Å². The van der Waals surface area contributed by atoms with Crippen LogP contribution in [-0.4, -0.2) is 42.7 Å². The number of nitrogens with zero attached hydrogens (tertiary/aromatic N) is 1. The zero-order valence-corrected chi connectivity index (χ0v) is 17.1. The molecule has 1 saturated carbocycles. The van der Waals surface area contributed by atoms with Crippen LogP contribution in [0.2, 0.25) is 0 Å². The van der Waals surface area contributed by atoms with Gasteiger partial charge in [0, 0.05) is 19.0 Å². The Labute approximate surface area is 172 Å². The number of piperidine rings is 1. The molecule has 1 saturated heterocycles. The van der Waals surface area contributed by atoms with Crippen LogP contribution in [0.4, 0.5) is 0 Å². The van der Waals surface area contributed by atoms with Crippen molar-refractivity contribution in [3.05, 3.63) is 59.7 Å². The van der Waals surface area contributed by atoms with Crippen molar-refractivity contribution in [2.75, 3.05) is 26.7 Å². The number of carbonyl (C=O) groups excluding carboxylic acids is 1. The number of aromatic hydroxyl groups is 1. The van der Waals surface area contributed by atoms with E-state index < -0.39 is 0 Å². The first-order valence-corrected chi connectivity index (χ1v) is 10.5. The third kappa shape index (κ3) is 4.56. The van der Waals surface area contributed by atoms with Gasteiger partial charge in [0.1, 0.15) is 11.5 Å². The molecule has 1 heterocycles. The van der Waals surface area contributed by atoms with E-state index in [-0.39, 0.29) is 17.2 Å². The maximum absolute atomic E-state index is 12.6. The van der Waals surface area contributed by atoms with E-state index in [1.165, 1.54) is 5.56 Å². The fourth-order valence-corrected chi connectivity index (χ4v) is 4.64. The molecule has 5 heteroatoms. The summed E-state index contributed by atoms with van der Waals surface area (Å²) >= 11 is 0. The van der Waals surface area contributed by atoms with Gasteiger partial charge in [-0.05, 0) is 73.5 Å².